The summed E-state index contributed by atoms with van der Waals surface area (Å²) < 4.78 is 1.09. The number of non-ortho nitro benzene ring substituents is 1. The van der Waals surface area contributed by atoms with E-state index in [0.717, 1.165) is 14.8 Å². The highest BCUT2D eigenvalue weighted by Crippen LogP contribution is 2.19. The largest absolute Gasteiger partial charge is 0.322 e. The molecule has 0 saturated heterocycles. The van der Waals surface area contributed by atoms with Crippen LogP contribution in [0.25, 0.3) is 0 Å². The van der Waals surface area contributed by atoms with Crippen LogP contribution in [-0.4, -0.2) is 10.8 Å². The van der Waals surface area contributed by atoms with Gasteiger partial charge < -0.3 is 5.32 Å². The number of nitrogens with one attached hydrogen (secondary N) is 1. The Kier molecular flexibility index (Phi) is 4.33. The van der Waals surface area contributed by atoms with E-state index >= 15 is 0 Å². The Morgan fingerprint density at radius 2 is 1.85 bits per heavy atom. The molecule has 1 amide bonds. The summed E-state index contributed by atoms with van der Waals surface area (Å²) in [5.74, 6) is -0.288. The van der Waals surface area contributed by atoms with Crippen molar-refractivity contribution in [2.45, 2.75) is 6.92 Å². The van der Waals surface area contributed by atoms with Crippen molar-refractivity contribution in [3.05, 3.63) is 67.3 Å². The summed E-state index contributed by atoms with van der Waals surface area (Å²) in [5.41, 5.74) is 2.04. The summed E-state index contributed by atoms with van der Waals surface area (Å²) in [5, 5.41) is 13.3. The molecule has 0 aliphatic heterocycles. The normalized spacial score (nSPS) is 10.1. The number of amides is 1. The topological polar surface area (TPSA) is 72.2 Å². The molecule has 0 atom stereocenters. The summed E-state index contributed by atoms with van der Waals surface area (Å²) in [6.45, 7) is 1.91. The van der Waals surface area contributed by atoms with Gasteiger partial charge in [0.25, 0.3) is 11.6 Å². The smallest absolute Gasteiger partial charge is 0.269 e. The Bertz CT molecular complexity index is 669. The molecule has 2 aromatic carbocycles. The first-order chi connectivity index (χ1) is 9.47. The van der Waals surface area contributed by atoms with Crippen molar-refractivity contribution >= 4 is 39.9 Å². The summed E-state index contributed by atoms with van der Waals surface area (Å²) >= 11 is 2.20. The van der Waals surface area contributed by atoms with Gasteiger partial charge in [0.2, 0.25) is 0 Å². The van der Waals surface area contributed by atoms with Crippen LogP contribution in [0.1, 0.15) is 15.9 Å². The SMILES string of the molecule is Cc1cc(I)ccc1NC(=O)c1ccc([N+](=O)[O-])cc1. The lowest BCUT2D eigenvalue weighted by Gasteiger charge is -2.08. The van der Waals surface area contributed by atoms with Crippen LogP contribution in [-0.2, 0) is 0 Å². The predicted octanol–water partition coefficient (Wildman–Crippen LogP) is 3.76. The van der Waals surface area contributed by atoms with Gasteiger partial charge in [0.15, 0.2) is 0 Å². The Balaban J connectivity index is 2.17. The zero-order valence-electron chi connectivity index (χ0n) is 10.6. The van der Waals surface area contributed by atoms with E-state index in [2.05, 4.69) is 27.9 Å². The number of hydrogen-bond donors (Lipinski definition) is 1. The first kappa shape index (κ1) is 14.4. The van der Waals surface area contributed by atoms with Crippen molar-refractivity contribution in [1.29, 1.82) is 0 Å². The number of carbonyl (C=O) groups is 1. The van der Waals surface area contributed by atoms with Crippen LogP contribution >= 0.6 is 22.6 Å². The van der Waals surface area contributed by atoms with Crippen LogP contribution in [0.4, 0.5) is 11.4 Å². The summed E-state index contributed by atoms with van der Waals surface area (Å²) in [6, 6.07) is 11.2. The van der Waals surface area contributed by atoms with Gasteiger partial charge in [-0.05, 0) is 65.4 Å². The summed E-state index contributed by atoms with van der Waals surface area (Å²) in [6.07, 6.45) is 0. The zero-order valence-corrected chi connectivity index (χ0v) is 12.7. The van der Waals surface area contributed by atoms with Gasteiger partial charge in [-0.2, -0.15) is 0 Å². The molecule has 0 aliphatic carbocycles. The molecule has 0 bridgehead atoms. The van der Waals surface area contributed by atoms with E-state index in [1.807, 2.05) is 25.1 Å². The molecule has 2 rings (SSSR count). The van der Waals surface area contributed by atoms with Crippen molar-refractivity contribution in [1.82, 2.24) is 0 Å². The number of aryl methyl sites for hydroxylation is 1. The van der Waals surface area contributed by atoms with Crippen LogP contribution in [0.15, 0.2) is 42.5 Å². The molecule has 5 nitrogen and oxygen atoms in total. The minimum Gasteiger partial charge on any atom is -0.322 e. The van der Waals surface area contributed by atoms with Crippen LogP contribution in [0.2, 0.25) is 0 Å². The number of nitro groups is 1. The molecule has 2 aromatic rings. The first-order valence-electron chi connectivity index (χ1n) is 5.79. The molecule has 0 unspecified atom stereocenters. The molecule has 1 N–H and O–H groups in total. The Hall–Kier alpha value is -1.96. The van der Waals surface area contributed by atoms with Crippen LogP contribution < -0.4 is 5.32 Å². The molecular weight excluding hydrogens is 371 g/mol. The molecule has 20 heavy (non-hydrogen) atoms. The molecule has 0 spiro atoms. The standard InChI is InChI=1S/C14H11IN2O3/c1-9-8-11(15)4-7-13(9)16-14(18)10-2-5-12(6-3-10)17(19)20/h2-8H,1H3,(H,16,18). The highest BCUT2D eigenvalue weighted by atomic mass is 127. The molecule has 6 heteroatoms. The van der Waals surface area contributed by atoms with E-state index in [1.54, 1.807) is 0 Å². The summed E-state index contributed by atoms with van der Waals surface area (Å²) in [7, 11) is 0. The van der Waals surface area contributed by atoms with Crippen LogP contribution in [0, 0.1) is 20.6 Å². The van der Waals surface area contributed by atoms with E-state index in [9.17, 15) is 14.9 Å². The van der Waals surface area contributed by atoms with E-state index in [4.69, 9.17) is 0 Å². The number of rotatable bonds is 3. The molecule has 0 radical (unpaired) electrons. The third-order valence-electron chi connectivity index (χ3n) is 2.78. The van der Waals surface area contributed by atoms with Gasteiger partial charge in [-0.1, -0.05) is 0 Å². The lowest BCUT2D eigenvalue weighted by Crippen LogP contribution is -2.12. The number of benzene rings is 2. The number of nitrogens with zero attached hydrogens (tertiary/aromatic N) is 1. The molecule has 0 heterocycles. The zero-order chi connectivity index (χ0) is 14.7. The average Bonchev–Trinajstić information content (AvgIpc) is 2.42. The van der Waals surface area contributed by atoms with Crippen LogP contribution in [0.3, 0.4) is 0 Å². The second-order valence-electron chi connectivity index (χ2n) is 4.22. The van der Waals surface area contributed by atoms with E-state index < -0.39 is 4.92 Å². The molecule has 102 valence electrons. The van der Waals surface area contributed by atoms with Crippen molar-refractivity contribution in [3.63, 3.8) is 0 Å². The lowest BCUT2D eigenvalue weighted by molar-refractivity contribution is -0.384. The maximum absolute atomic E-state index is 12.0. The Morgan fingerprint density at radius 3 is 2.40 bits per heavy atom. The Morgan fingerprint density at radius 1 is 1.20 bits per heavy atom. The predicted molar refractivity (Wildman–Crippen MR) is 84.9 cm³/mol. The fourth-order valence-corrected chi connectivity index (χ4v) is 2.34. The average molecular weight is 382 g/mol. The van der Waals surface area contributed by atoms with E-state index in [0.29, 0.717) is 5.56 Å². The molecule has 0 saturated carbocycles. The van der Waals surface area contributed by atoms with Crippen molar-refractivity contribution in [2.75, 3.05) is 5.32 Å². The minimum atomic E-state index is -0.495. The number of nitro benzene ring substituents is 1. The monoisotopic (exact) mass is 382 g/mol. The number of hydrogen-bond acceptors (Lipinski definition) is 3. The van der Waals surface area contributed by atoms with Gasteiger partial charge in [0.05, 0.1) is 4.92 Å². The number of anilines is 1. The van der Waals surface area contributed by atoms with Gasteiger partial charge in [0, 0.05) is 27.0 Å². The third-order valence-corrected chi connectivity index (χ3v) is 3.45. The second-order valence-corrected chi connectivity index (χ2v) is 5.46. The maximum atomic E-state index is 12.0. The van der Waals surface area contributed by atoms with Gasteiger partial charge in [-0.3, -0.25) is 14.9 Å². The maximum Gasteiger partial charge on any atom is 0.269 e. The van der Waals surface area contributed by atoms with Crippen LogP contribution in [0.5, 0.6) is 0 Å². The summed E-state index contributed by atoms with van der Waals surface area (Å²) in [4.78, 5) is 22.1. The van der Waals surface area contributed by atoms with E-state index in [-0.39, 0.29) is 11.6 Å². The second kappa shape index (κ2) is 6.00. The fourth-order valence-electron chi connectivity index (χ4n) is 1.70. The fraction of sp³-hybridized carbons (Fsp3) is 0.0714. The number of halogens is 1. The molecule has 0 aromatic heterocycles. The van der Waals surface area contributed by atoms with E-state index in [1.165, 1.54) is 24.3 Å². The number of carbonyl (C=O) groups excluding carboxylic acids is 1. The molecule has 0 fully saturated rings. The molecule has 0 aliphatic rings. The van der Waals surface area contributed by atoms with Gasteiger partial charge in [0.1, 0.15) is 0 Å². The Labute approximate surface area is 129 Å². The van der Waals surface area contributed by atoms with Gasteiger partial charge in [-0.15, -0.1) is 0 Å². The molecular formula is C14H11IN2O3. The first-order valence-corrected chi connectivity index (χ1v) is 6.87. The van der Waals surface area contributed by atoms with Gasteiger partial charge >= 0.3 is 0 Å². The highest BCUT2D eigenvalue weighted by molar-refractivity contribution is 14.1. The van der Waals surface area contributed by atoms with Crippen molar-refractivity contribution in [2.24, 2.45) is 0 Å². The quantitative estimate of drug-likeness (QED) is 0.499. The minimum absolute atomic E-state index is 0.0352. The lowest BCUT2D eigenvalue weighted by atomic mass is 10.1. The third kappa shape index (κ3) is 3.32. The highest BCUT2D eigenvalue weighted by Gasteiger charge is 2.10. The van der Waals surface area contributed by atoms with Gasteiger partial charge in [-0.25, -0.2) is 0 Å². The van der Waals surface area contributed by atoms with Crippen molar-refractivity contribution < 1.29 is 9.72 Å². The van der Waals surface area contributed by atoms with Crippen molar-refractivity contribution in [3.8, 4) is 0 Å².